The minimum atomic E-state index is -3.89. The smallest absolute Gasteiger partial charge is 0.245 e. The molecule has 1 N–H and O–H groups in total. The second-order valence-electron chi connectivity index (χ2n) is 8.58. The number of sulfonamides is 1. The SMILES string of the molecule is Cc1ccc([C@@H](C)Nc2ncnc3c(S(=O)(=O)N4CCOCC4)cc(-c4ccc(F)cc4)cc23)nn1. The first-order valence-corrected chi connectivity index (χ1v) is 13.0. The first-order chi connectivity index (χ1) is 17.3. The molecule has 1 aliphatic rings. The van der Waals surface area contributed by atoms with E-state index < -0.39 is 10.0 Å². The highest BCUT2D eigenvalue weighted by atomic mass is 32.2. The van der Waals surface area contributed by atoms with E-state index in [0.29, 0.717) is 46.8 Å². The fourth-order valence-electron chi connectivity index (χ4n) is 4.10. The molecule has 1 saturated heterocycles. The quantitative estimate of drug-likeness (QED) is 0.420. The Morgan fingerprint density at radius 3 is 2.44 bits per heavy atom. The molecule has 1 fully saturated rings. The van der Waals surface area contributed by atoms with Gasteiger partial charge in [-0.3, -0.25) is 0 Å². The topological polar surface area (TPSA) is 110 Å². The third-order valence-corrected chi connectivity index (χ3v) is 8.00. The lowest BCUT2D eigenvalue weighted by atomic mass is 10.0. The number of benzene rings is 2. The summed E-state index contributed by atoms with van der Waals surface area (Å²) in [5.74, 6) is 0.0803. The predicted molar refractivity (Wildman–Crippen MR) is 133 cm³/mol. The van der Waals surface area contributed by atoms with Gasteiger partial charge in [-0.2, -0.15) is 14.5 Å². The van der Waals surface area contributed by atoms with Crippen LogP contribution < -0.4 is 5.32 Å². The number of aromatic nitrogens is 4. The van der Waals surface area contributed by atoms with E-state index in [9.17, 15) is 12.8 Å². The number of ether oxygens (including phenoxy) is 1. The zero-order valence-electron chi connectivity index (χ0n) is 19.8. The summed E-state index contributed by atoms with van der Waals surface area (Å²) in [5, 5.41) is 12.2. The number of aryl methyl sites for hydroxylation is 1. The Bertz CT molecular complexity index is 1490. The third-order valence-electron chi connectivity index (χ3n) is 6.08. The van der Waals surface area contributed by atoms with E-state index in [1.54, 1.807) is 18.2 Å². The number of rotatable bonds is 6. The van der Waals surface area contributed by atoms with Crippen molar-refractivity contribution >= 4 is 26.7 Å². The van der Waals surface area contributed by atoms with Gasteiger partial charge >= 0.3 is 0 Å². The van der Waals surface area contributed by atoms with E-state index in [1.165, 1.54) is 22.8 Å². The summed E-state index contributed by atoms with van der Waals surface area (Å²) in [7, 11) is -3.89. The largest absolute Gasteiger partial charge is 0.379 e. The number of anilines is 1. The lowest BCUT2D eigenvalue weighted by molar-refractivity contribution is 0.0730. The molecule has 9 nitrogen and oxygen atoms in total. The van der Waals surface area contributed by atoms with Crippen molar-refractivity contribution in [2.45, 2.75) is 24.8 Å². The molecule has 0 unspecified atom stereocenters. The minimum absolute atomic E-state index is 0.0643. The standard InChI is InChI=1S/C25H25FN6O3S/c1-16-3-8-22(31-30-16)17(2)29-25-21-13-19(18-4-6-20(26)7-5-18)14-23(24(21)27-15-28-25)36(33,34)32-9-11-35-12-10-32/h3-8,13-15,17H,9-12H2,1-2H3,(H,27,28,29)/t17-/m1/s1. The molecule has 0 radical (unpaired) electrons. The molecule has 0 spiro atoms. The predicted octanol–water partition coefficient (Wildman–Crippen LogP) is 3.73. The number of halogens is 1. The van der Waals surface area contributed by atoms with Gasteiger partial charge in [0.25, 0.3) is 0 Å². The van der Waals surface area contributed by atoms with Crippen LogP contribution in [0.1, 0.15) is 24.4 Å². The van der Waals surface area contributed by atoms with Gasteiger partial charge in [0.05, 0.1) is 36.2 Å². The van der Waals surface area contributed by atoms with E-state index in [0.717, 1.165) is 5.69 Å². The Balaban J connectivity index is 1.66. The van der Waals surface area contributed by atoms with Gasteiger partial charge in [-0.25, -0.2) is 22.8 Å². The van der Waals surface area contributed by atoms with Crippen molar-refractivity contribution in [3.05, 3.63) is 72.1 Å². The van der Waals surface area contributed by atoms with Crippen molar-refractivity contribution < 1.29 is 17.5 Å². The number of nitrogens with zero attached hydrogens (tertiary/aromatic N) is 5. The number of hydrogen-bond donors (Lipinski definition) is 1. The van der Waals surface area contributed by atoms with Gasteiger partial charge in [-0.15, -0.1) is 0 Å². The fraction of sp³-hybridized carbons (Fsp3) is 0.280. The molecule has 5 rings (SSSR count). The maximum absolute atomic E-state index is 13.7. The lowest BCUT2D eigenvalue weighted by Crippen LogP contribution is -2.40. The van der Waals surface area contributed by atoms with Crippen molar-refractivity contribution in [1.29, 1.82) is 0 Å². The van der Waals surface area contributed by atoms with Gasteiger partial charge in [0, 0.05) is 18.5 Å². The molecular weight excluding hydrogens is 483 g/mol. The summed E-state index contributed by atoms with van der Waals surface area (Å²) >= 11 is 0. The molecular formula is C25H25FN6O3S. The van der Waals surface area contributed by atoms with Crippen molar-refractivity contribution in [3.8, 4) is 11.1 Å². The van der Waals surface area contributed by atoms with Gasteiger partial charge in [-0.05, 0) is 61.4 Å². The minimum Gasteiger partial charge on any atom is -0.379 e. The maximum atomic E-state index is 13.7. The van der Waals surface area contributed by atoms with Crippen LogP contribution in [0.3, 0.4) is 0 Å². The molecule has 3 heterocycles. The van der Waals surface area contributed by atoms with Crippen molar-refractivity contribution in [2.75, 3.05) is 31.6 Å². The van der Waals surface area contributed by atoms with E-state index in [-0.39, 0.29) is 29.8 Å². The first-order valence-electron chi connectivity index (χ1n) is 11.5. The Morgan fingerprint density at radius 2 is 1.75 bits per heavy atom. The Labute approximate surface area is 208 Å². The van der Waals surface area contributed by atoms with Crippen LogP contribution in [-0.2, 0) is 14.8 Å². The highest BCUT2D eigenvalue weighted by Crippen LogP contribution is 2.34. The van der Waals surface area contributed by atoms with E-state index in [1.807, 2.05) is 32.0 Å². The molecule has 186 valence electrons. The zero-order valence-corrected chi connectivity index (χ0v) is 20.7. The second-order valence-corrected chi connectivity index (χ2v) is 10.5. The summed E-state index contributed by atoms with van der Waals surface area (Å²) in [6.07, 6.45) is 1.34. The molecule has 0 bridgehead atoms. The van der Waals surface area contributed by atoms with E-state index in [2.05, 4.69) is 25.5 Å². The van der Waals surface area contributed by atoms with Gasteiger partial charge in [0.2, 0.25) is 10.0 Å². The van der Waals surface area contributed by atoms with Crippen LogP contribution in [0.5, 0.6) is 0 Å². The van der Waals surface area contributed by atoms with Crippen LogP contribution in [-0.4, -0.2) is 59.2 Å². The van der Waals surface area contributed by atoms with Crippen LogP contribution >= 0.6 is 0 Å². The fourth-order valence-corrected chi connectivity index (χ4v) is 5.69. The molecule has 0 amide bonds. The molecule has 2 aromatic heterocycles. The summed E-state index contributed by atoms with van der Waals surface area (Å²) < 4.78 is 47.8. The van der Waals surface area contributed by atoms with E-state index in [4.69, 9.17) is 4.74 Å². The third kappa shape index (κ3) is 4.77. The number of morpholine rings is 1. The van der Waals surface area contributed by atoms with Crippen molar-refractivity contribution in [1.82, 2.24) is 24.5 Å². The van der Waals surface area contributed by atoms with Crippen LogP contribution in [0, 0.1) is 12.7 Å². The maximum Gasteiger partial charge on any atom is 0.245 e. The molecule has 0 aliphatic carbocycles. The molecule has 4 aromatic rings. The van der Waals surface area contributed by atoms with Gasteiger partial charge in [0.1, 0.15) is 22.9 Å². The van der Waals surface area contributed by atoms with Crippen LogP contribution in [0.2, 0.25) is 0 Å². The molecule has 11 heteroatoms. The summed E-state index contributed by atoms with van der Waals surface area (Å²) in [6, 6.07) is 12.8. The summed E-state index contributed by atoms with van der Waals surface area (Å²) in [4.78, 5) is 8.85. The Morgan fingerprint density at radius 1 is 1.00 bits per heavy atom. The number of nitrogens with one attached hydrogen (secondary N) is 1. The highest BCUT2D eigenvalue weighted by Gasteiger charge is 2.30. The number of hydrogen-bond acceptors (Lipinski definition) is 8. The molecule has 2 aromatic carbocycles. The Hall–Kier alpha value is -3.54. The van der Waals surface area contributed by atoms with Gasteiger partial charge < -0.3 is 10.1 Å². The molecule has 36 heavy (non-hydrogen) atoms. The molecule has 1 atom stereocenters. The first kappa shape index (κ1) is 24.2. The Kier molecular flexibility index (Phi) is 6.61. The zero-order chi connectivity index (χ0) is 25.3. The lowest BCUT2D eigenvalue weighted by Gasteiger charge is -2.26. The van der Waals surface area contributed by atoms with Crippen molar-refractivity contribution in [2.24, 2.45) is 0 Å². The normalized spacial score (nSPS) is 15.6. The average molecular weight is 509 g/mol. The van der Waals surface area contributed by atoms with Crippen LogP contribution in [0.15, 0.2) is 59.8 Å². The number of fused-ring (bicyclic) bond motifs is 1. The molecule has 1 aliphatic heterocycles. The van der Waals surface area contributed by atoms with Crippen molar-refractivity contribution in [3.63, 3.8) is 0 Å². The van der Waals surface area contributed by atoms with Crippen LogP contribution in [0.4, 0.5) is 10.2 Å². The summed E-state index contributed by atoms with van der Waals surface area (Å²) in [6.45, 7) is 4.94. The van der Waals surface area contributed by atoms with Gasteiger partial charge in [0.15, 0.2) is 0 Å². The van der Waals surface area contributed by atoms with E-state index >= 15 is 0 Å². The summed E-state index contributed by atoms with van der Waals surface area (Å²) in [5.41, 5.74) is 3.09. The molecule has 0 saturated carbocycles. The monoisotopic (exact) mass is 508 g/mol. The highest BCUT2D eigenvalue weighted by molar-refractivity contribution is 7.89. The van der Waals surface area contributed by atoms with Crippen LogP contribution in [0.25, 0.3) is 22.0 Å². The second kappa shape index (κ2) is 9.84. The average Bonchev–Trinajstić information content (AvgIpc) is 2.89. The van der Waals surface area contributed by atoms with Gasteiger partial charge in [-0.1, -0.05) is 12.1 Å².